The second kappa shape index (κ2) is 5.30. The molecule has 2 aromatic heterocycles. The number of halogens is 2. The van der Waals surface area contributed by atoms with Crippen molar-refractivity contribution in [1.29, 1.82) is 0 Å². The van der Waals surface area contributed by atoms with Gasteiger partial charge in [0.15, 0.2) is 5.43 Å². The molecule has 5 heteroatoms. The van der Waals surface area contributed by atoms with Crippen molar-refractivity contribution in [3.8, 4) is 11.3 Å². The Morgan fingerprint density at radius 2 is 2.00 bits per heavy atom. The Kier molecular flexibility index (Phi) is 3.59. The molecular weight excluding hydrogens is 286 g/mol. The van der Waals surface area contributed by atoms with E-state index >= 15 is 0 Å². The molecular formula is C17H19F2N2O+. The lowest BCUT2D eigenvalue weighted by Gasteiger charge is -2.35. The smallest absolute Gasteiger partial charge is 0.341 e. The Bertz CT molecular complexity index is 779. The lowest BCUT2D eigenvalue weighted by molar-refractivity contribution is -0.460. The fourth-order valence-electron chi connectivity index (χ4n) is 3.56. The summed E-state index contributed by atoms with van der Waals surface area (Å²) in [5.74, 6) is -1.42. The molecule has 0 saturated carbocycles. The number of aryl methyl sites for hydroxylation is 1. The van der Waals surface area contributed by atoms with Crippen LogP contribution in [0.2, 0.25) is 0 Å². The second-order valence-electron chi connectivity index (χ2n) is 5.88. The highest BCUT2D eigenvalue weighted by atomic mass is 19.1. The summed E-state index contributed by atoms with van der Waals surface area (Å²) in [5, 5.41) is 0. The third-order valence-corrected chi connectivity index (χ3v) is 4.94. The van der Waals surface area contributed by atoms with Crippen LogP contribution in [0.15, 0.2) is 29.2 Å². The number of aromatic nitrogens is 2. The fraction of sp³-hybridized carbons (Fsp3) is 0.412. The Balaban J connectivity index is 2.38. The zero-order chi connectivity index (χ0) is 15.9. The predicted octanol–water partition coefficient (Wildman–Crippen LogP) is 3.07. The lowest BCUT2D eigenvalue weighted by Crippen LogP contribution is -2.33. The third-order valence-electron chi connectivity index (χ3n) is 4.94. The molecule has 0 amide bonds. The number of nitrogens with zero attached hydrogens (tertiary/aromatic N) is 1. The first kappa shape index (κ1) is 14.9. The summed E-state index contributed by atoms with van der Waals surface area (Å²) in [5.41, 5.74) is 1.08. The predicted molar refractivity (Wildman–Crippen MR) is 79.5 cm³/mol. The van der Waals surface area contributed by atoms with Crippen molar-refractivity contribution in [3.63, 3.8) is 0 Å². The number of pyridine rings is 2. The fourth-order valence-corrected chi connectivity index (χ4v) is 3.56. The molecule has 1 aliphatic heterocycles. The van der Waals surface area contributed by atoms with Gasteiger partial charge in [-0.15, -0.1) is 8.78 Å². The van der Waals surface area contributed by atoms with Gasteiger partial charge in [0.1, 0.15) is 5.56 Å². The summed E-state index contributed by atoms with van der Waals surface area (Å²) >= 11 is 0. The van der Waals surface area contributed by atoms with Crippen molar-refractivity contribution >= 4 is 0 Å². The van der Waals surface area contributed by atoms with Gasteiger partial charge >= 0.3 is 11.9 Å². The molecule has 0 unspecified atom stereocenters. The average Bonchev–Trinajstić information content (AvgIpc) is 2.62. The highest BCUT2D eigenvalue weighted by Gasteiger charge is 2.35. The van der Waals surface area contributed by atoms with Crippen LogP contribution in [0.3, 0.4) is 0 Å². The van der Waals surface area contributed by atoms with E-state index in [4.69, 9.17) is 0 Å². The van der Waals surface area contributed by atoms with Crippen molar-refractivity contribution in [2.45, 2.75) is 45.1 Å². The molecule has 2 aromatic rings. The van der Waals surface area contributed by atoms with Crippen LogP contribution in [-0.4, -0.2) is 4.57 Å². The van der Waals surface area contributed by atoms with Crippen LogP contribution in [0, 0.1) is 11.9 Å². The highest BCUT2D eigenvalue weighted by molar-refractivity contribution is 5.64. The first-order chi connectivity index (χ1) is 10.5. The van der Waals surface area contributed by atoms with E-state index in [1.165, 1.54) is 18.2 Å². The van der Waals surface area contributed by atoms with Gasteiger partial charge in [0.25, 0.3) is 0 Å². The van der Waals surface area contributed by atoms with Crippen molar-refractivity contribution in [1.82, 2.24) is 4.57 Å². The van der Waals surface area contributed by atoms with Crippen molar-refractivity contribution in [2.75, 3.05) is 0 Å². The molecule has 0 saturated heterocycles. The van der Waals surface area contributed by atoms with Gasteiger partial charge in [0, 0.05) is 29.9 Å². The van der Waals surface area contributed by atoms with Gasteiger partial charge in [0.2, 0.25) is 0 Å². The zero-order valence-electron chi connectivity index (χ0n) is 12.7. The van der Waals surface area contributed by atoms with Gasteiger partial charge in [-0.25, -0.2) is 0 Å². The number of hydrogen-bond acceptors (Lipinski definition) is 1. The third kappa shape index (κ3) is 2.16. The molecule has 0 bridgehead atoms. The van der Waals surface area contributed by atoms with Gasteiger partial charge in [-0.2, -0.15) is 4.98 Å². The minimum atomic E-state index is -0.725. The van der Waals surface area contributed by atoms with Crippen molar-refractivity contribution in [3.05, 3.63) is 52.1 Å². The molecule has 0 radical (unpaired) electrons. The first-order valence-electron chi connectivity index (χ1n) is 7.64. The molecule has 22 heavy (non-hydrogen) atoms. The van der Waals surface area contributed by atoms with E-state index in [2.05, 4.69) is 18.8 Å². The largest absolute Gasteiger partial charge is 0.369 e. The number of aromatic amines is 1. The van der Waals surface area contributed by atoms with Crippen LogP contribution in [0.4, 0.5) is 8.78 Å². The Labute approximate surface area is 127 Å². The van der Waals surface area contributed by atoms with Gasteiger partial charge in [-0.1, -0.05) is 13.8 Å². The summed E-state index contributed by atoms with van der Waals surface area (Å²) < 4.78 is 29.9. The van der Waals surface area contributed by atoms with Crippen molar-refractivity contribution < 1.29 is 13.8 Å². The minimum absolute atomic E-state index is 0.177. The monoisotopic (exact) mass is 305 g/mol. The second-order valence-corrected chi connectivity index (χ2v) is 5.88. The maximum Gasteiger partial charge on any atom is 0.369 e. The molecule has 1 N–H and O–H groups in total. The molecule has 3 heterocycles. The SMILES string of the molecule is CCC1(CC)CCc2cc(F)[nH+]c(F)c2-c2cc(=O)ccn21. The van der Waals surface area contributed by atoms with Crippen LogP contribution >= 0.6 is 0 Å². The topological polar surface area (TPSA) is 36.1 Å². The van der Waals surface area contributed by atoms with E-state index in [1.807, 2.05) is 4.57 Å². The van der Waals surface area contributed by atoms with Crippen LogP contribution in [-0.2, 0) is 12.0 Å². The summed E-state index contributed by atoms with van der Waals surface area (Å²) in [7, 11) is 0. The number of nitrogens with one attached hydrogen (secondary N) is 1. The van der Waals surface area contributed by atoms with Crippen LogP contribution < -0.4 is 10.4 Å². The van der Waals surface area contributed by atoms with E-state index in [0.717, 1.165) is 19.3 Å². The Morgan fingerprint density at radius 3 is 2.68 bits per heavy atom. The number of H-pyrrole nitrogens is 1. The number of hydrogen-bond donors (Lipinski definition) is 0. The Morgan fingerprint density at radius 1 is 1.27 bits per heavy atom. The number of fused-ring (bicyclic) bond motifs is 3. The summed E-state index contributed by atoms with van der Waals surface area (Å²) in [6.45, 7) is 4.18. The van der Waals surface area contributed by atoms with E-state index in [0.29, 0.717) is 23.2 Å². The molecule has 1 aliphatic rings. The zero-order valence-corrected chi connectivity index (χ0v) is 12.7. The van der Waals surface area contributed by atoms with Gasteiger partial charge < -0.3 is 4.57 Å². The van der Waals surface area contributed by atoms with Gasteiger partial charge in [-0.05, 0) is 31.2 Å². The lowest BCUT2D eigenvalue weighted by atomic mass is 9.86. The molecule has 3 rings (SSSR count). The quantitative estimate of drug-likeness (QED) is 0.786. The maximum atomic E-state index is 14.4. The van der Waals surface area contributed by atoms with E-state index < -0.39 is 11.9 Å². The summed E-state index contributed by atoms with van der Waals surface area (Å²) in [6, 6.07) is 4.28. The van der Waals surface area contributed by atoms with Gasteiger partial charge in [0.05, 0.1) is 5.69 Å². The standard InChI is InChI=1S/C17H18F2N2O/c1-3-17(4-2)7-5-11-9-14(18)20-16(19)15(11)13-10-12(22)6-8-21(13)17/h6,8-10H,3-5,7H2,1-2H3/p+1. The molecule has 0 spiro atoms. The van der Waals surface area contributed by atoms with Gasteiger partial charge in [-0.3, -0.25) is 4.79 Å². The van der Waals surface area contributed by atoms with Crippen LogP contribution in [0.1, 0.15) is 38.7 Å². The Hall–Kier alpha value is -2.04. The molecule has 0 fully saturated rings. The minimum Gasteiger partial charge on any atom is -0.341 e. The summed E-state index contributed by atoms with van der Waals surface area (Å²) in [6.07, 6.45) is 4.83. The van der Waals surface area contributed by atoms with Crippen molar-refractivity contribution in [2.24, 2.45) is 0 Å². The highest BCUT2D eigenvalue weighted by Crippen LogP contribution is 2.39. The summed E-state index contributed by atoms with van der Waals surface area (Å²) in [4.78, 5) is 13.9. The molecule has 3 nitrogen and oxygen atoms in total. The van der Waals surface area contributed by atoms with E-state index in [1.54, 1.807) is 6.20 Å². The molecule has 116 valence electrons. The molecule has 0 aromatic carbocycles. The van der Waals surface area contributed by atoms with E-state index in [9.17, 15) is 13.6 Å². The number of rotatable bonds is 2. The van der Waals surface area contributed by atoms with Crippen LogP contribution in [0.5, 0.6) is 0 Å². The molecule has 0 aliphatic carbocycles. The first-order valence-corrected chi connectivity index (χ1v) is 7.64. The maximum absolute atomic E-state index is 14.4. The van der Waals surface area contributed by atoms with Crippen LogP contribution in [0.25, 0.3) is 11.3 Å². The normalized spacial score (nSPS) is 15.8. The van der Waals surface area contributed by atoms with E-state index in [-0.39, 0.29) is 11.0 Å². The molecule has 0 atom stereocenters. The average molecular weight is 305 g/mol.